The van der Waals surface area contributed by atoms with Gasteiger partial charge in [0, 0.05) is 0 Å². The molecule has 5 heteroatoms. The first kappa shape index (κ1) is 10.6. The Hall–Kier alpha value is -1.47. The molecular weight excluding hydrogens is 204 g/mol. The number of terminal acetylenes is 1. The van der Waals surface area contributed by atoms with Crippen LogP contribution in [0.1, 0.15) is 12.7 Å². The van der Waals surface area contributed by atoms with E-state index in [-0.39, 0.29) is 5.78 Å². The van der Waals surface area contributed by atoms with Gasteiger partial charge in [0.2, 0.25) is 0 Å². The molecule has 0 bridgehead atoms. The van der Waals surface area contributed by atoms with Gasteiger partial charge < -0.3 is 9.84 Å². The van der Waals surface area contributed by atoms with Crippen LogP contribution in [0, 0.1) is 19.3 Å². The molecule has 0 fully saturated rings. The van der Waals surface area contributed by atoms with E-state index >= 15 is 0 Å². The highest BCUT2D eigenvalue weighted by Crippen LogP contribution is 2.24. The normalized spacial score (nSPS) is 11.9. The minimum Gasteiger partial charge on any atom is -0.358 e. The summed E-state index contributed by atoms with van der Waals surface area (Å²) < 4.78 is 4.80. The predicted molar refractivity (Wildman–Crippen MR) is 53.2 cm³/mol. The van der Waals surface area contributed by atoms with Crippen LogP contribution in [0.5, 0.6) is 0 Å². The van der Waals surface area contributed by atoms with Crippen LogP contribution in [0.25, 0.3) is 0 Å². The maximum Gasteiger partial charge on any atom is 0.189 e. The van der Waals surface area contributed by atoms with Gasteiger partial charge in [-0.15, -0.1) is 6.42 Å². The molecule has 0 saturated heterocycles. The average Bonchev–Trinajstić information content (AvgIpc) is 2.44. The summed E-state index contributed by atoms with van der Waals surface area (Å²) in [5.41, 5.74) is 0. The van der Waals surface area contributed by atoms with Gasteiger partial charge in [-0.3, -0.25) is 4.79 Å². The van der Waals surface area contributed by atoms with Gasteiger partial charge in [0.15, 0.2) is 17.4 Å². The Bertz CT molecular complexity index is 392. The van der Waals surface area contributed by atoms with Crippen LogP contribution in [-0.2, 0) is 4.79 Å². The standard InChI is InChI=1S/C9H9ClN2O2/c1-4-7(5(2)13)11-9-8(10)6(3)14-12-9/h1,7H,2-3H3,(H,11,12). The molecule has 1 aromatic rings. The van der Waals surface area contributed by atoms with Crippen molar-refractivity contribution in [2.24, 2.45) is 0 Å². The molecule has 0 aromatic carbocycles. The number of Topliss-reactive ketones (excluding diaryl/α,β-unsaturated/α-hetero) is 1. The highest BCUT2D eigenvalue weighted by Gasteiger charge is 2.16. The second-order valence-corrected chi connectivity index (χ2v) is 3.13. The molecule has 1 unspecified atom stereocenters. The van der Waals surface area contributed by atoms with Gasteiger partial charge in [-0.1, -0.05) is 22.7 Å². The molecule has 1 heterocycles. The molecule has 0 amide bonds. The maximum atomic E-state index is 11.0. The fourth-order valence-corrected chi connectivity index (χ4v) is 0.972. The molecule has 0 aliphatic carbocycles. The zero-order chi connectivity index (χ0) is 10.7. The number of ketones is 1. The quantitative estimate of drug-likeness (QED) is 0.774. The van der Waals surface area contributed by atoms with Gasteiger partial charge in [-0.2, -0.15) is 0 Å². The number of carbonyl (C=O) groups excluding carboxylic acids is 1. The number of hydrogen-bond acceptors (Lipinski definition) is 4. The van der Waals surface area contributed by atoms with E-state index < -0.39 is 6.04 Å². The average molecular weight is 213 g/mol. The van der Waals surface area contributed by atoms with E-state index in [1.807, 2.05) is 0 Å². The van der Waals surface area contributed by atoms with Gasteiger partial charge in [-0.05, 0) is 13.8 Å². The Morgan fingerprint density at radius 3 is 2.79 bits per heavy atom. The van der Waals surface area contributed by atoms with E-state index in [1.165, 1.54) is 6.92 Å². The third-order valence-electron chi connectivity index (χ3n) is 1.65. The van der Waals surface area contributed by atoms with Crippen molar-refractivity contribution in [3.63, 3.8) is 0 Å². The van der Waals surface area contributed by atoms with Gasteiger partial charge in [0.05, 0.1) is 0 Å². The van der Waals surface area contributed by atoms with Gasteiger partial charge in [0.25, 0.3) is 0 Å². The van der Waals surface area contributed by atoms with Crippen LogP contribution in [0.2, 0.25) is 5.02 Å². The Kier molecular flexibility index (Phi) is 3.15. The SMILES string of the molecule is C#CC(Nc1noc(C)c1Cl)C(C)=O. The molecule has 1 atom stereocenters. The Labute approximate surface area is 86.6 Å². The summed E-state index contributed by atoms with van der Waals surface area (Å²) in [5, 5.41) is 6.65. The summed E-state index contributed by atoms with van der Waals surface area (Å²) in [6, 6.07) is -0.725. The monoisotopic (exact) mass is 212 g/mol. The van der Waals surface area contributed by atoms with Crippen LogP contribution in [0.3, 0.4) is 0 Å². The zero-order valence-corrected chi connectivity index (χ0v) is 8.55. The third kappa shape index (κ3) is 2.06. The molecule has 0 saturated carbocycles. The van der Waals surface area contributed by atoms with E-state index in [2.05, 4.69) is 16.4 Å². The van der Waals surface area contributed by atoms with Gasteiger partial charge in [-0.25, -0.2) is 0 Å². The molecular formula is C9H9ClN2O2. The number of nitrogens with zero attached hydrogens (tertiary/aromatic N) is 1. The highest BCUT2D eigenvalue weighted by atomic mass is 35.5. The summed E-state index contributed by atoms with van der Waals surface area (Å²) >= 11 is 5.82. The summed E-state index contributed by atoms with van der Waals surface area (Å²) in [6.45, 7) is 3.05. The topological polar surface area (TPSA) is 55.1 Å². The number of rotatable bonds is 3. The van der Waals surface area contributed by atoms with Crippen LogP contribution in [0.15, 0.2) is 4.52 Å². The lowest BCUT2D eigenvalue weighted by Gasteiger charge is -2.07. The summed E-state index contributed by atoms with van der Waals surface area (Å²) in [4.78, 5) is 11.0. The van der Waals surface area contributed by atoms with Gasteiger partial charge >= 0.3 is 0 Å². The van der Waals surface area contributed by atoms with Crippen LogP contribution < -0.4 is 5.32 Å². The lowest BCUT2D eigenvalue weighted by molar-refractivity contribution is -0.116. The Balaban J connectivity index is 2.84. The number of halogens is 1. The number of nitrogens with one attached hydrogen (secondary N) is 1. The Morgan fingerprint density at radius 2 is 2.43 bits per heavy atom. The number of aryl methyl sites for hydroxylation is 1. The number of anilines is 1. The van der Waals surface area contributed by atoms with Crippen molar-refractivity contribution in [1.29, 1.82) is 0 Å². The van der Waals surface area contributed by atoms with E-state index in [0.29, 0.717) is 16.6 Å². The third-order valence-corrected chi connectivity index (χ3v) is 2.09. The molecule has 4 nitrogen and oxygen atoms in total. The summed E-state index contributed by atoms with van der Waals surface area (Å²) in [6.07, 6.45) is 5.14. The molecule has 1 N–H and O–H groups in total. The van der Waals surface area contributed by atoms with E-state index in [0.717, 1.165) is 0 Å². The number of aromatic nitrogens is 1. The predicted octanol–water partition coefficient (Wildman–Crippen LogP) is 1.64. The fraction of sp³-hybridized carbons (Fsp3) is 0.333. The van der Waals surface area contributed by atoms with Crippen molar-refractivity contribution in [1.82, 2.24) is 5.16 Å². The molecule has 0 aliphatic heterocycles. The van der Waals surface area contributed by atoms with Crippen molar-refractivity contribution in [3.05, 3.63) is 10.8 Å². The molecule has 1 rings (SSSR count). The van der Waals surface area contributed by atoms with Crippen LogP contribution in [0.4, 0.5) is 5.82 Å². The fourth-order valence-electron chi connectivity index (χ4n) is 0.848. The largest absolute Gasteiger partial charge is 0.358 e. The summed E-state index contributed by atoms with van der Waals surface area (Å²) in [5.74, 6) is 2.88. The second kappa shape index (κ2) is 4.16. The molecule has 1 aromatic heterocycles. The smallest absolute Gasteiger partial charge is 0.189 e. The molecule has 14 heavy (non-hydrogen) atoms. The van der Waals surface area contributed by atoms with Crippen molar-refractivity contribution >= 4 is 23.2 Å². The first-order valence-electron chi connectivity index (χ1n) is 3.91. The minimum atomic E-state index is -0.725. The number of carbonyl (C=O) groups is 1. The number of hydrogen-bond donors (Lipinski definition) is 1. The lowest BCUT2D eigenvalue weighted by atomic mass is 10.2. The van der Waals surface area contributed by atoms with Crippen molar-refractivity contribution in [2.75, 3.05) is 5.32 Å². The zero-order valence-electron chi connectivity index (χ0n) is 7.80. The van der Waals surface area contributed by atoms with E-state index in [4.69, 9.17) is 22.5 Å². The van der Waals surface area contributed by atoms with Gasteiger partial charge in [0.1, 0.15) is 11.1 Å². The van der Waals surface area contributed by atoms with Crippen LogP contribution >= 0.6 is 11.6 Å². The minimum absolute atomic E-state index is 0.177. The molecule has 0 aliphatic rings. The highest BCUT2D eigenvalue weighted by molar-refractivity contribution is 6.33. The summed E-state index contributed by atoms with van der Waals surface area (Å²) in [7, 11) is 0. The van der Waals surface area contributed by atoms with E-state index in [9.17, 15) is 4.79 Å². The Morgan fingerprint density at radius 1 is 1.79 bits per heavy atom. The lowest BCUT2D eigenvalue weighted by Crippen LogP contribution is -2.25. The van der Waals surface area contributed by atoms with E-state index in [1.54, 1.807) is 6.92 Å². The first-order chi connectivity index (χ1) is 6.56. The van der Waals surface area contributed by atoms with Crippen molar-refractivity contribution in [3.8, 4) is 12.3 Å². The van der Waals surface area contributed by atoms with Crippen molar-refractivity contribution in [2.45, 2.75) is 19.9 Å². The molecule has 74 valence electrons. The molecule has 0 radical (unpaired) electrons. The van der Waals surface area contributed by atoms with Crippen molar-refractivity contribution < 1.29 is 9.32 Å². The molecule has 0 spiro atoms. The van der Waals surface area contributed by atoms with Crippen LogP contribution in [-0.4, -0.2) is 17.0 Å². The first-order valence-corrected chi connectivity index (χ1v) is 4.29. The second-order valence-electron chi connectivity index (χ2n) is 2.76. The maximum absolute atomic E-state index is 11.0.